The van der Waals surface area contributed by atoms with Crippen molar-refractivity contribution < 1.29 is 14.6 Å². The number of halogens is 1. The summed E-state index contributed by atoms with van der Waals surface area (Å²) in [7, 11) is 3.20. The fourth-order valence-electron chi connectivity index (χ4n) is 1.74. The molecule has 0 saturated carbocycles. The van der Waals surface area contributed by atoms with E-state index in [0.29, 0.717) is 29.6 Å². The van der Waals surface area contributed by atoms with E-state index in [4.69, 9.17) is 26.2 Å². The largest absolute Gasteiger partial charge is 0.493 e. The number of hydrogen-bond donors (Lipinski definition) is 3. The van der Waals surface area contributed by atoms with Crippen molar-refractivity contribution in [2.24, 2.45) is 0 Å². The molecular weight excluding hydrogens is 268 g/mol. The Hall–Kier alpha value is -1.01. The molecule has 0 unspecified atom stereocenters. The molecule has 0 aliphatic heterocycles. The highest BCUT2D eigenvalue weighted by Crippen LogP contribution is 2.34. The van der Waals surface area contributed by atoms with Crippen molar-refractivity contribution >= 4 is 11.6 Å². The Bertz CT molecular complexity index is 388. The molecule has 6 heteroatoms. The van der Waals surface area contributed by atoms with E-state index in [2.05, 4.69) is 10.6 Å². The second kappa shape index (κ2) is 8.98. The molecule has 0 bridgehead atoms. The van der Waals surface area contributed by atoms with Crippen LogP contribution in [0.5, 0.6) is 11.5 Å². The highest BCUT2D eigenvalue weighted by atomic mass is 35.5. The molecule has 0 atom stereocenters. The predicted molar refractivity (Wildman–Crippen MR) is 76.2 cm³/mol. The quantitative estimate of drug-likeness (QED) is 0.593. The summed E-state index contributed by atoms with van der Waals surface area (Å²) in [6.45, 7) is 2.98. The summed E-state index contributed by atoms with van der Waals surface area (Å²) in [5, 5.41) is 15.6. The molecule has 3 N–H and O–H groups in total. The van der Waals surface area contributed by atoms with Crippen LogP contribution in [0, 0.1) is 0 Å². The maximum atomic E-state index is 8.63. The SMILES string of the molecule is COc1cc(Cl)cc(CNCCNCCO)c1OC. The minimum atomic E-state index is 0.152. The van der Waals surface area contributed by atoms with Gasteiger partial charge in [-0.25, -0.2) is 0 Å². The molecule has 1 aromatic carbocycles. The van der Waals surface area contributed by atoms with Crippen LogP contribution in [0.4, 0.5) is 0 Å². The van der Waals surface area contributed by atoms with Gasteiger partial charge in [-0.3, -0.25) is 0 Å². The lowest BCUT2D eigenvalue weighted by Crippen LogP contribution is -2.28. The third-order valence-electron chi connectivity index (χ3n) is 2.60. The molecule has 1 rings (SSSR count). The second-order valence-corrected chi connectivity index (χ2v) is 4.39. The first-order valence-corrected chi connectivity index (χ1v) is 6.53. The van der Waals surface area contributed by atoms with Crippen molar-refractivity contribution in [2.45, 2.75) is 6.54 Å². The van der Waals surface area contributed by atoms with Crippen LogP contribution in [0.3, 0.4) is 0 Å². The van der Waals surface area contributed by atoms with Crippen LogP contribution in [-0.2, 0) is 6.54 Å². The minimum Gasteiger partial charge on any atom is -0.493 e. The van der Waals surface area contributed by atoms with Gasteiger partial charge in [-0.1, -0.05) is 11.6 Å². The summed E-state index contributed by atoms with van der Waals surface area (Å²) in [4.78, 5) is 0. The molecule has 19 heavy (non-hydrogen) atoms. The first-order valence-electron chi connectivity index (χ1n) is 6.15. The Morgan fingerprint density at radius 3 is 2.47 bits per heavy atom. The maximum Gasteiger partial charge on any atom is 0.165 e. The summed E-state index contributed by atoms with van der Waals surface area (Å²) in [5.74, 6) is 1.33. The topological polar surface area (TPSA) is 62.8 Å². The molecular formula is C13H21ClN2O3. The van der Waals surface area contributed by atoms with E-state index in [9.17, 15) is 0 Å². The van der Waals surface area contributed by atoms with Gasteiger partial charge in [0.2, 0.25) is 0 Å². The Morgan fingerprint density at radius 1 is 1.11 bits per heavy atom. The second-order valence-electron chi connectivity index (χ2n) is 3.95. The fraction of sp³-hybridized carbons (Fsp3) is 0.538. The van der Waals surface area contributed by atoms with Crippen LogP contribution in [0.25, 0.3) is 0 Å². The van der Waals surface area contributed by atoms with Gasteiger partial charge in [-0.15, -0.1) is 0 Å². The van der Waals surface area contributed by atoms with Crippen LogP contribution >= 0.6 is 11.6 Å². The smallest absolute Gasteiger partial charge is 0.165 e. The summed E-state index contributed by atoms with van der Waals surface area (Å²) < 4.78 is 10.6. The lowest BCUT2D eigenvalue weighted by Gasteiger charge is -2.14. The van der Waals surface area contributed by atoms with E-state index in [1.165, 1.54) is 0 Å². The molecule has 0 fully saturated rings. The van der Waals surface area contributed by atoms with Gasteiger partial charge in [-0.05, 0) is 6.07 Å². The Balaban J connectivity index is 2.54. The summed E-state index contributed by atoms with van der Waals surface area (Å²) >= 11 is 6.04. The average molecular weight is 289 g/mol. The van der Waals surface area contributed by atoms with Gasteiger partial charge < -0.3 is 25.2 Å². The zero-order chi connectivity index (χ0) is 14.1. The van der Waals surface area contributed by atoms with Gasteiger partial charge in [0, 0.05) is 42.8 Å². The Morgan fingerprint density at radius 2 is 1.84 bits per heavy atom. The van der Waals surface area contributed by atoms with Crippen molar-refractivity contribution in [3.05, 3.63) is 22.7 Å². The molecule has 0 aliphatic carbocycles. The van der Waals surface area contributed by atoms with Crippen LogP contribution in [0.2, 0.25) is 5.02 Å². The highest BCUT2D eigenvalue weighted by molar-refractivity contribution is 6.30. The molecule has 0 radical (unpaired) electrons. The summed E-state index contributed by atoms with van der Waals surface area (Å²) in [6.07, 6.45) is 0. The Labute approximate surface area is 118 Å². The number of nitrogens with one attached hydrogen (secondary N) is 2. The normalized spacial score (nSPS) is 10.5. The number of benzene rings is 1. The predicted octanol–water partition coefficient (Wildman–Crippen LogP) is 1.03. The third kappa shape index (κ3) is 5.24. The molecule has 1 aromatic rings. The molecule has 0 aliphatic rings. The molecule has 0 amide bonds. The average Bonchev–Trinajstić information content (AvgIpc) is 2.42. The minimum absolute atomic E-state index is 0.152. The summed E-state index contributed by atoms with van der Waals surface area (Å²) in [6, 6.07) is 3.59. The van der Waals surface area contributed by atoms with E-state index >= 15 is 0 Å². The zero-order valence-electron chi connectivity index (χ0n) is 11.3. The molecule has 5 nitrogen and oxygen atoms in total. The monoisotopic (exact) mass is 288 g/mol. The molecule has 0 saturated heterocycles. The molecule has 108 valence electrons. The van der Waals surface area contributed by atoms with Gasteiger partial charge in [0.15, 0.2) is 11.5 Å². The van der Waals surface area contributed by atoms with Crippen LogP contribution < -0.4 is 20.1 Å². The third-order valence-corrected chi connectivity index (χ3v) is 2.82. The first-order chi connectivity index (χ1) is 9.22. The van der Waals surface area contributed by atoms with Crippen LogP contribution in [0.1, 0.15) is 5.56 Å². The highest BCUT2D eigenvalue weighted by Gasteiger charge is 2.11. The van der Waals surface area contributed by atoms with E-state index < -0.39 is 0 Å². The lowest BCUT2D eigenvalue weighted by atomic mass is 10.2. The van der Waals surface area contributed by atoms with Gasteiger partial charge in [0.05, 0.1) is 20.8 Å². The van der Waals surface area contributed by atoms with Crippen LogP contribution in [-0.4, -0.2) is 45.6 Å². The van der Waals surface area contributed by atoms with Crippen molar-refractivity contribution in [1.29, 1.82) is 0 Å². The number of methoxy groups -OCH3 is 2. The fourth-order valence-corrected chi connectivity index (χ4v) is 1.97. The van der Waals surface area contributed by atoms with Crippen LogP contribution in [0.15, 0.2) is 12.1 Å². The number of hydrogen-bond acceptors (Lipinski definition) is 5. The molecule has 0 spiro atoms. The standard InChI is InChI=1S/C13H21ClN2O3/c1-18-12-8-11(14)7-10(13(12)19-2)9-16-4-3-15-5-6-17/h7-8,15-17H,3-6,9H2,1-2H3. The maximum absolute atomic E-state index is 8.63. The molecule has 0 aromatic heterocycles. The Kier molecular flexibility index (Phi) is 7.59. The summed E-state index contributed by atoms with van der Waals surface area (Å²) in [5.41, 5.74) is 0.953. The van der Waals surface area contributed by atoms with E-state index in [1.54, 1.807) is 20.3 Å². The number of aliphatic hydroxyl groups is 1. The van der Waals surface area contributed by atoms with Crippen molar-refractivity contribution in [1.82, 2.24) is 10.6 Å². The lowest BCUT2D eigenvalue weighted by molar-refractivity contribution is 0.292. The van der Waals surface area contributed by atoms with Crippen molar-refractivity contribution in [3.63, 3.8) is 0 Å². The van der Waals surface area contributed by atoms with Gasteiger partial charge in [-0.2, -0.15) is 0 Å². The van der Waals surface area contributed by atoms with Gasteiger partial charge in [0.1, 0.15) is 0 Å². The van der Waals surface area contributed by atoms with E-state index in [1.807, 2.05) is 6.07 Å². The number of aliphatic hydroxyl groups excluding tert-OH is 1. The van der Waals surface area contributed by atoms with Gasteiger partial charge in [0.25, 0.3) is 0 Å². The first kappa shape index (κ1) is 16.0. The van der Waals surface area contributed by atoms with E-state index in [0.717, 1.165) is 18.7 Å². The number of rotatable bonds is 9. The van der Waals surface area contributed by atoms with Gasteiger partial charge >= 0.3 is 0 Å². The number of ether oxygens (including phenoxy) is 2. The molecule has 0 heterocycles. The van der Waals surface area contributed by atoms with E-state index in [-0.39, 0.29) is 6.61 Å². The zero-order valence-corrected chi connectivity index (χ0v) is 12.1. The van der Waals surface area contributed by atoms with Crippen molar-refractivity contribution in [2.75, 3.05) is 40.5 Å². The van der Waals surface area contributed by atoms with Crippen molar-refractivity contribution in [3.8, 4) is 11.5 Å².